The predicted molar refractivity (Wildman–Crippen MR) is 71.4 cm³/mol. The van der Waals surface area contributed by atoms with Gasteiger partial charge in [-0.15, -0.1) is 0 Å². The molecule has 0 saturated carbocycles. The van der Waals surface area contributed by atoms with E-state index >= 15 is 0 Å². The van der Waals surface area contributed by atoms with Crippen LogP contribution in [-0.2, 0) is 0 Å². The topological polar surface area (TPSA) is 77.8 Å². The molecule has 2 rings (SSSR count). The molecule has 88 valence electrons. The van der Waals surface area contributed by atoms with Crippen LogP contribution in [-0.4, -0.2) is 9.97 Å². The van der Waals surface area contributed by atoms with Crippen molar-refractivity contribution in [1.29, 1.82) is 0 Å². The zero-order chi connectivity index (χ0) is 12.4. The summed E-state index contributed by atoms with van der Waals surface area (Å²) in [5.74, 6) is 0.304. The molecule has 0 amide bonds. The maximum atomic E-state index is 6.07. The van der Waals surface area contributed by atoms with Crippen LogP contribution in [0.3, 0.4) is 0 Å². The maximum Gasteiger partial charge on any atom is 0.156 e. The molecule has 4 N–H and O–H groups in total. The highest BCUT2D eigenvalue weighted by Gasteiger charge is 2.10. The third-order valence-electron chi connectivity index (χ3n) is 1.94. The lowest BCUT2D eigenvalue weighted by molar-refractivity contribution is 1.07. The maximum absolute atomic E-state index is 6.07. The minimum absolute atomic E-state index is 0.279. The van der Waals surface area contributed by atoms with E-state index in [2.05, 4.69) is 9.97 Å². The Labute approximate surface area is 112 Å². The van der Waals surface area contributed by atoms with Crippen LogP contribution in [0.15, 0.2) is 34.3 Å². The number of halogens is 2. The van der Waals surface area contributed by atoms with Crippen LogP contribution in [0.25, 0.3) is 0 Å². The van der Waals surface area contributed by atoms with Gasteiger partial charge in [0.05, 0.1) is 16.9 Å². The Hall–Kier alpha value is -1.17. The minimum atomic E-state index is 0.279. The third-order valence-corrected chi connectivity index (χ3v) is 3.71. The van der Waals surface area contributed by atoms with Gasteiger partial charge in [0.25, 0.3) is 0 Å². The Bertz CT molecular complexity index is 562. The normalized spacial score (nSPS) is 10.5. The zero-order valence-corrected chi connectivity index (χ0v) is 10.9. The number of rotatable bonds is 2. The fourth-order valence-corrected chi connectivity index (χ4v) is 2.44. The van der Waals surface area contributed by atoms with Crippen molar-refractivity contribution >= 4 is 46.5 Å². The van der Waals surface area contributed by atoms with Gasteiger partial charge in [0.2, 0.25) is 0 Å². The third kappa shape index (κ3) is 2.74. The summed E-state index contributed by atoms with van der Waals surface area (Å²) in [5.41, 5.74) is 11.9. The van der Waals surface area contributed by atoms with E-state index in [0.717, 1.165) is 4.90 Å². The van der Waals surface area contributed by atoms with Gasteiger partial charge in [-0.05, 0) is 12.1 Å². The van der Waals surface area contributed by atoms with E-state index in [9.17, 15) is 0 Å². The summed E-state index contributed by atoms with van der Waals surface area (Å²) < 4.78 is 0. The Kier molecular flexibility index (Phi) is 3.61. The molecule has 0 radical (unpaired) electrons. The Morgan fingerprint density at radius 1 is 1.18 bits per heavy atom. The van der Waals surface area contributed by atoms with Crippen LogP contribution >= 0.6 is 35.0 Å². The average Bonchev–Trinajstić information content (AvgIpc) is 2.30. The minimum Gasteiger partial charge on any atom is -0.397 e. The second-order valence-corrected chi connectivity index (χ2v) is 4.94. The van der Waals surface area contributed by atoms with E-state index in [4.69, 9.17) is 34.7 Å². The molecule has 1 aromatic carbocycles. The standard InChI is InChI=1S/C10H8Cl2N4S/c11-7-4-15-9(14)10(16-7)17-6-3-1-2-5(13)8(6)12/h1-4H,13H2,(H2,14,15). The average molecular weight is 287 g/mol. The molecule has 2 aromatic rings. The SMILES string of the molecule is Nc1cccc(Sc2nc(Cl)cnc2N)c1Cl. The summed E-state index contributed by atoms with van der Waals surface area (Å²) in [7, 11) is 0. The van der Waals surface area contributed by atoms with Crippen LogP contribution in [0, 0.1) is 0 Å². The van der Waals surface area contributed by atoms with Crippen LogP contribution in [0.5, 0.6) is 0 Å². The zero-order valence-electron chi connectivity index (χ0n) is 8.52. The number of nitrogens with zero attached hydrogens (tertiary/aromatic N) is 2. The van der Waals surface area contributed by atoms with Gasteiger partial charge in [-0.2, -0.15) is 0 Å². The highest BCUT2D eigenvalue weighted by atomic mass is 35.5. The molecule has 0 fully saturated rings. The molecule has 0 bridgehead atoms. The predicted octanol–water partition coefficient (Wildman–Crippen LogP) is 3.10. The molecule has 1 heterocycles. The van der Waals surface area contributed by atoms with Crippen LogP contribution in [0.2, 0.25) is 10.2 Å². The van der Waals surface area contributed by atoms with Crippen molar-refractivity contribution in [2.45, 2.75) is 9.92 Å². The van der Waals surface area contributed by atoms with E-state index in [-0.39, 0.29) is 5.15 Å². The molecule has 17 heavy (non-hydrogen) atoms. The van der Waals surface area contributed by atoms with Crippen molar-refractivity contribution in [1.82, 2.24) is 9.97 Å². The van der Waals surface area contributed by atoms with Gasteiger partial charge >= 0.3 is 0 Å². The Balaban J connectivity index is 2.38. The lowest BCUT2D eigenvalue weighted by Gasteiger charge is -2.07. The first-order chi connectivity index (χ1) is 8.08. The molecule has 1 aromatic heterocycles. The van der Waals surface area contributed by atoms with Crippen molar-refractivity contribution in [2.75, 3.05) is 11.5 Å². The van der Waals surface area contributed by atoms with Crippen molar-refractivity contribution in [3.63, 3.8) is 0 Å². The van der Waals surface area contributed by atoms with E-state index in [0.29, 0.717) is 21.6 Å². The van der Waals surface area contributed by atoms with Gasteiger partial charge in [0.1, 0.15) is 10.2 Å². The van der Waals surface area contributed by atoms with E-state index in [1.165, 1.54) is 18.0 Å². The van der Waals surface area contributed by atoms with Gasteiger partial charge in [-0.1, -0.05) is 41.0 Å². The highest BCUT2D eigenvalue weighted by molar-refractivity contribution is 7.99. The van der Waals surface area contributed by atoms with Gasteiger partial charge in [0, 0.05) is 4.90 Å². The molecule has 0 unspecified atom stereocenters. The number of nitrogen functional groups attached to an aromatic ring is 2. The molecule has 0 spiro atoms. The van der Waals surface area contributed by atoms with E-state index in [1.54, 1.807) is 12.1 Å². The lowest BCUT2D eigenvalue weighted by Crippen LogP contribution is -1.96. The summed E-state index contributed by atoms with van der Waals surface area (Å²) >= 11 is 13.1. The first kappa shape index (κ1) is 12.3. The molecule has 0 atom stereocenters. The van der Waals surface area contributed by atoms with Gasteiger partial charge < -0.3 is 11.5 Å². The Morgan fingerprint density at radius 3 is 2.71 bits per heavy atom. The second kappa shape index (κ2) is 5.00. The van der Waals surface area contributed by atoms with Crippen molar-refractivity contribution in [2.24, 2.45) is 0 Å². The number of aromatic nitrogens is 2. The van der Waals surface area contributed by atoms with Gasteiger partial charge in [-0.25, -0.2) is 9.97 Å². The smallest absolute Gasteiger partial charge is 0.156 e. The summed E-state index contributed by atoms with van der Waals surface area (Å²) in [6.07, 6.45) is 1.39. The molecule has 4 nitrogen and oxygen atoms in total. The number of nitrogens with two attached hydrogens (primary N) is 2. The number of benzene rings is 1. The number of anilines is 2. The first-order valence-corrected chi connectivity index (χ1v) is 6.15. The number of hydrogen-bond acceptors (Lipinski definition) is 5. The molecule has 0 aliphatic heterocycles. The largest absolute Gasteiger partial charge is 0.397 e. The van der Waals surface area contributed by atoms with E-state index < -0.39 is 0 Å². The van der Waals surface area contributed by atoms with Crippen molar-refractivity contribution < 1.29 is 0 Å². The fourth-order valence-electron chi connectivity index (χ4n) is 1.15. The molecule has 0 aliphatic carbocycles. The summed E-state index contributed by atoms with van der Waals surface area (Å²) in [5, 5.41) is 1.26. The summed E-state index contributed by atoms with van der Waals surface area (Å²) in [6, 6.07) is 5.35. The molecular formula is C10H8Cl2N4S. The second-order valence-electron chi connectivity index (χ2n) is 3.14. The van der Waals surface area contributed by atoms with Crippen LogP contribution in [0.1, 0.15) is 0 Å². The molecule has 7 heteroatoms. The monoisotopic (exact) mass is 286 g/mol. The number of hydrogen-bond donors (Lipinski definition) is 2. The van der Waals surface area contributed by atoms with Crippen molar-refractivity contribution in [3.05, 3.63) is 34.6 Å². The van der Waals surface area contributed by atoms with Gasteiger partial charge in [-0.3, -0.25) is 0 Å². The van der Waals surface area contributed by atoms with Crippen LogP contribution in [0.4, 0.5) is 11.5 Å². The van der Waals surface area contributed by atoms with Gasteiger partial charge in [0.15, 0.2) is 5.82 Å². The lowest BCUT2D eigenvalue weighted by atomic mass is 10.3. The molecule has 0 saturated heterocycles. The van der Waals surface area contributed by atoms with Crippen molar-refractivity contribution in [3.8, 4) is 0 Å². The van der Waals surface area contributed by atoms with Crippen LogP contribution < -0.4 is 11.5 Å². The summed E-state index contributed by atoms with van der Waals surface area (Å²) in [4.78, 5) is 8.75. The van der Waals surface area contributed by atoms with E-state index in [1.807, 2.05) is 6.07 Å². The highest BCUT2D eigenvalue weighted by Crippen LogP contribution is 2.37. The molecular weight excluding hydrogens is 279 g/mol. The summed E-state index contributed by atoms with van der Waals surface area (Å²) in [6.45, 7) is 0. The Morgan fingerprint density at radius 2 is 1.94 bits per heavy atom. The molecule has 0 aliphatic rings. The fraction of sp³-hybridized carbons (Fsp3) is 0. The first-order valence-electron chi connectivity index (χ1n) is 4.58. The quantitative estimate of drug-likeness (QED) is 0.830.